The van der Waals surface area contributed by atoms with E-state index in [4.69, 9.17) is 0 Å². The minimum absolute atomic E-state index is 0.140. The summed E-state index contributed by atoms with van der Waals surface area (Å²) in [5.74, 6) is 1.13. The Morgan fingerprint density at radius 2 is 1.83 bits per heavy atom. The highest BCUT2D eigenvalue weighted by atomic mass is 19.4. The fourth-order valence-electron chi connectivity index (χ4n) is 4.35. The van der Waals surface area contributed by atoms with Gasteiger partial charge in [-0.2, -0.15) is 13.2 Å². The molecule has 42 heavy (non-hydrogen) atoms. The van der Waals surface area contributed by atoms with Crippen LogP contribution in [0.15, 0.2) is 73.7 Å². The van der Waals surface area contributed by atoms with Crippen molar-refractivity contribution in [2.45, 2.75) is 38.9 Å². The number of imidazole rings is 2. The van der Waals surface area contributed by atoms with Crippen LogP contribution >= 0.6 is 0 Å². The third-order valence-electron chi connectivity index (χ3n) is 6.73. The Kier molecular flexibility index (Phi) is 6.85. The molecule has 10 nitrogen and oxygen atoms in total. The topological polar surface area (TPSA) is 115 Å². The number of hydrogen-bond acceptors (Lipinski definition) is 7. The molecule has 0 atom stereocenters. The van der Waals surface area contributed by atoms with Crippen molar-refractivity contribution >= 4 is 29.0 Å². The lowest BCUT2D eigenvalue weighted by atomic mass is 10.1. The first-order valence-corrected chi connectivity index (χ1v) is 13.2. The number of carbonyl (C=O) groups is 1. The van der Waals surface area contributed by atoms with E-state index in [1.807, 2.05) is 12.1 Å². The van der Waals surface area contributed by atoms with Crippen LogP contribution in [0.4, 0.5) is 36.3 Å². The largest absolute Gasteiger partial charge is 0.416 e. The van der Waals surface area contributed by atoms with Gasteiger partial charge < -0.3 is 20.5 Å². The van der Waals surface area contributed by atoms with Gasteiger partial charge in [0.2, 0.25) is 5.95 Å². The molecule has 3 aromatic heterocycles. The number of aromatic nitrogens is 6. The summed E-state index contributed by atoms with van der Waals surface area (Å²) >= 11 is 0. The Balaban J connectivity index is 1.25. The maximum absolute atomic E-state index is 13.7. The average molecular weight is 574 g/mol. The summed E-state index contributed by atoms with van der Waals surface area (Å²) in [7, 11) is 0. The molecule has 0 radical (unpaired) electrons. The number of alkyl halides is 3. The average Bonchev–Trinajstić information content (AvgIpc) is 3.46. The Labute approximate surface area is 238 Å². The highest BCUT2D eigenvalue weighted by Crippen LogP contribution is 2.32. The first kappa shape index (κ1) is 27.0. The maximum Gasteiger partial charge on any atom is 0.416 e. The van der Waals surface area contributed by atoms with Gasteiger partial charge in [0.25, 0.3) is 5.91 Å². The van der Waals surface area contributed by atoms with E-state index in [1.165, 1.54) is 23.3 Å². The monoisotopic (exact) mass is 573 g/mol. The Bertz CT molecular complexity index is 1770. The second-order valence-electron chi connectivity index (χ2n) is 10.1. The van der Waals surface area contributed by atoms with Crippen LogP contribution in [-0.2, 0) is 6.18 Å². The van der Waals surface area contributed by atoms with Crippen LogP contribution in [-0.4, -0.2) is 41.0 Å². The molecule has 0 bridgehead atoms. The number of nitrogens with one attached hydrogen (secondary N) is 3. The summed E-state index contributed by atoms with van der Waals surface area (Å²) in [4.78, 5) is 30.4. The smallest absolute Gasteiger partial charge is 0.367 e. The zero-order valence-electron chi connectivity index (χ0n) is 22.6. The molecular formula is C29H26F3N9O. The van der Waals surface area contributed by atoms with Crippen LogP contribution in [0.5, 0.6) is 0 Å². The van der Waals surface area contributed by atoms with Gasteiger partial charge in [0.05, 0.1) is 17.6 Å². The molecule has 1 amide bonds. The quantitative estimate of drug-likeness (QED) is 0.207. The molecule has 2 aromatic carbocycles. The molecule has 0 saturated heterocycles. The highest BCUT2D eigenvalue weighted by molar-refractivity contribution is 6.05. The number of halogens is 3. The second-order valence-corrected chi connectivity index (χ2v) is 10.1. The van der Waals surface area contributed by atoms with Crippen molar-refractivity contribution in [3.05, 3.63) is 96.1 Å². The van der Waals surface area contributed by atoms with Crippen LogP contribution in [0.3, 0.4) is 0 Å². The van der Waals surface area contributed by atoms with Gasteiger partial charge in [0.1, 0.15) is 18.0 Å². The molecule has 1 saturated carbocycles. The number of benzene rings is 2. The van der Waals surface area contributed by atoms with Crippen molar-refractivity contribution in [2.75, 3.05) is 16.0 Å². The maximum atomic E-state index is 13.7. The van der Waals surface area contributed by atoms with Gasteiger partial charge in [-0.15, -0.1) is 0 Å². The normalized spacial score (nSPS) is 13.2. The summed E-state index contributed by atoms with van der Waals surface area (Å²) in [6.07, 6.45) is 5.45. The Hall–Kier alpha value is -5.20. The van der Waals surface area contributed by atoms with Crippen molar-refractivity contribution in [2.24, 2.45) is 0 Å². The third kappa shape index (κ3) is 5.94. The molecule has 6 rings (SSSR count). The van der Waals surface area contributed by atoms with E-state index in [1.54, 1.807) is 49.1 Å². The van der Waals surface area contributed by atoms with Crippen LogP contribution in [0.1, 0.15) is 40.0 Å². The summed E-state index contributed by atoms with van der Waals surface area (Å²) in [5, 5.41) is 9.33. The van der Waals surface area contributed by atoms with E-state index in [2.05, 4.69) is 35.9 Å². The number of rotatable bonds is 8. The summed E-state index contributed by atoms with van der Waals surface area (Å²) in [6.45, 7) is 3.52. The Morgan fingerprint density at radius 3 is 2.57 bits per heavy atom. The molecule has 13 heteroatoms. The molecule has 3 heterocycles. The van der Waals surface area contributed by atoms with E-state index in [0.29, 0.717) is 34.9 Å². The van der Waals surface area contributed by atoms with Crippen LogP contribution in [0.25, 0.3) is 11.5 Å². The number of carbonyl (C=O) groups excluding carboxylic acids is 1. The third-order valence-corrected chi connectivity index (χ3v) is 6.73. The number of anilines is 4. The molecule has 214 valence electrons. The predicted molar refractivity (Wildman–Crippen MR) is 152 cm³/mol. The zero-order chi connectivity index (χ0) is 29.4. The molecule has 0 unspecified atom stereocenters. The summed E-state index contributed by atoms with van der Waals surface area (Å²) < 4.78 is 44.3. The lowest BCUT2D eigenvalue weighted by Crippen LogP contribution is -2.16. The molecule has 3 N–H and O–H groups in total. The minimum atomic E-state index is -4.64. The lowest BCUT2D eigenvalue weighted by molar-refractivity contribution is -0.137. The number of amides is 1. The van der Waals surface area contributed by atoms with Gasteiger partial charge in [0, 0.05) is 53.3 Å². The number of hydrogen-bond donors (Lipinski definition) is 3. The zero-order valence-corrected chi connectivity index (χ0v) is 22.6. The summed E-state index contributed by atoms with van der Waals surface area (Å²) in [6, 6.07) is 10.8. The van der Waals surface area contributed by atoms with E-state index >= 15 is 0 Å². The SMILES string of the molecule is Cc1cn(-c2cc(C(=O)Nc3cc(Nc4nccn4-c4cc(NC5CC5)ncn4)ccc3C)cc(C(F)(F)F)c2)cn1. The Morgan fingerprint density at radius 1 is 1.00 bits per heavy atom. The molecular weight excluding hydrogens is 547 g/mol. The number of nitrogens with zero attached hydrogens (tertiary/aromatic N) is 6. The van der Waals surface area contributed by atoms with Gasteiger partial charge in [-0.25, -0.2) is 19.9 Å². The van der Waals surface area contributed by atoms with Gasteiger partial charge in [-0.1, -0.05) is 6.07 Å². The minimum Gasteiger partial charge on any atom is -0.367 e. The molecule has 1 aliphatic carbocycles. The first-order valence-electron chi connectivity index (χ1n) is 13.2. The summed E-state index contributed by atoms with van der Waals surface area (Å²) in [5.41, 5.74) is 1.49. The van der Waals surface area contributed by atoms with Crippen molar-refractivity contribution in [3.8, 4) is 11.5 Å². The fourth-order valence-corrected chi connectivity index (χ4v) is 4.35. The molecule has 0 aliphatic heterocycles. The molecule has 1 aliphatic rings. The van der Waals surface area contributed by atoms with Gasteiger partial charge >= 0.3 is 6.18 Å². The van der Waals surface area contributed by atoms with Crippen molar-refractivity contribution < 1.29 is 18.0 Å². The van der Waals surface area contributed by atoms with E-state index in [0.717, 1.165) is 36.4 Å². The first-order chi connectivity index (χ1) is 20.1. The lowest BCUT2D eigenvalue weighted by Gasteiger charge is -2.15. The second kappa shape index (κ2) is 10.7. The van der Waals surface area contributed by atoms with E-state index < -0.39 is 17.6 Å². The van der Waals surface area contributed by atoms with Crippen molar-refractivity contribution in [3.63, 3.8) is 0 Å². The van der Waals surface area contributed by atoms with Crippen LogP contribution < -0.4 is 16.0 Å². The molecule has 1 fully saturated rings. The van der Waals surface area contributed by atoms with Crippen LogP contribution in [0, 0.1) is 13.8 Å². The standard InChI is InChI=1S/C29H26F3N9O/c1-17-3-4-22(38-28-33-7-8-41(28)26-13-25(34-15-35-26)37-21-5-6-21)12-24(17)39-27(42)19-9-20(29(30,31)32)11-23(10-19)40-14-18(2)36-16-40/h3-4,7-16,21H,5-6H2,1-2H3,(H,33,38)(H,39,42)(H,34,35,37). The fraction of sp³-hybridized carbons (Fsp3) is 0.207. The molecule has 0 spiro atoms. The van der Waals surface area contributed by atoms with Crippen LogP contribution in [0.2, 0.25) is 0 Å². The van der Waals surface area contributed by atoms with Gasteiger partial charge in [-0.3, -0.25) is 9.36 Å². The van der Waals surface area contributed by atoms with E-state index in [-0.39, 0.29) is 11.3 Å². The van der Waals surface area contributed by atoms with Crippen molar-refractivity contribution in [1.82, 2.24) is 29.1 Å². The van der Waals surface area contributed by atoms with E-state index in [9.17, 15) is 18.0 Å². The number of aryl methyl sites for hydroxylation is 2. The van der Waals surface area contributed by atoms with Crippen molar-refractivity contribution in [1.29, 1.82) is 0 Å². The highest BCUT2D eigenvalue weighted by Gasteiger charge is 2.32. The predicted octanol–water partition coefficient (Wildman–Crippen LogP) is 6.05. The van der Waals surface area contributed by atoms with Gasteiger partial charge in [-0.05, 0) is 62.6 Å². The molecule has 5 aromatic rings. The van der Waals surface area contributed by atoms with Gasteiger partial charge in [0.15, 0.2) is 0 Å².